The maximum atomic E-state index is 12.8. The average molecular weight is 358 g/mol. The van der Waals surface area contributed by atoms with Gasteiger partial charge in [-0.25, -0.2) is 8.78 Å². The van der Waals surface area contributed by atoms with E-state index in [0.29, 0.717) is 0 Å². The van der Waals surface area contributed by atoms with Gasteiger partial charge in [0, 0.05) is 0 Å². The quantitative estimate of drug-likeness (QED) is 0.854. The minimum absolute atomic E-state index is 0.0690. The predicted molar refractivity (Wildman–Crippen MR) is 75.7 cm³/mol. The normalized spacial score (nSPS) is 10.5. The molecule has 0 aliphatic rings. The summed E-state index contributed by atoms with van der Waals surface area (Å²) in [6, 6.07) is 8.62. The van der Waals surface area contributed by atoms with E-state index in [2.05, 4.69) is 15.9 Å². The number of alkyl halides is 1. The van der Waals surface area contributed by atoms with Crippen LogP contribution in [-0.4, -0.2) is 16.9 Å². The van der Waals surface area contributed by atoms with E-state index in [1.807, 2.05) is 5.83 Å². The number of carboxylic acid groups (broad SMARTS) is 1. The lowest BCUT2D eigenvalue weighted by Gasteiger charge is -2.30. The van der Waals surface area contributed by atoms with Gasteiger partial charge in [-0.05, 0) is 41.2 Å². The van der Waals surface area contributed by atoms with Crippen LogP contribution in [0, 0.1) is 11.6 Å². The Morgan fingerprint density at radius 3 is 1.48 bits per heavy atom. The van der Waals surface area contributed by atoms with Crippen molar-refractivity contribution in [1.29, 1.82) is 0 Å². The number of carboxylic acids is 1. The van der Waals surface area contributed by atoms with Crippen LogP contribution in [0.1, 0.15) is 11.1 Å². The molecule has 6 heteroatoms. The van der Waals surface area contributed by atoms with Crippen molar-refractivity contribution in [3.8, 4) is 0 Å². The molecule has 2 aromatic carbocycles. The van der Waals surface area contributed by atoms with Gasteiger partial charge in [-0.2, -0.15) is 0 Å². The fourth-order valence-electron chi connectivity index (χ4n) is 1.78. The van der Waals surface area contributed by atoms with Gasteiger partial charge < -0.3 is 15.0 Å². The molecule has 2 aromatic rings. The molecular formula is C15H12BrF2O3-. The van der Waals surface area contributed by atoms with E-state index in [4.69, 9.17) is 0 Å². The van der Waals surface area contributed by atoms with E-state index in [9.17, 15) is 23.8 Å². The Bertz CT molecular complexity index is 552. The monoisotopic (exact) mass is 357 g/mol. The molecule has 0 fully saturated rings. The lowest BCUT2D eigenvalue weighted by atomic mass is 9.86. The summed E-state index contributed by atoms with van der Waals surface area (Å²) in [6.07, 6.45) is 0. The smallest absolute Gasteiger partial charge is 0.154 e. The van der Waals surface area contributed by atoms with E-state index in [0.717, 1.165) is 48.5 Å². The maximum absolute atomic E-state index is 12.8. The summed E-state index contributed by atoms with van der Waals surface area (Å²) >= 11 is 2.94. The van der Waals surface area contributed by atoms with Crippen molar-refractivity contribution in [2.24, 2.45) is 0 Å². The highest BCUT2D eigenvalue weighted by Gasteiger charge is 2.33. The molecule has 112 valence electrons. The summed E-state index contributed by atoms with van der Waals surface area (Å²) in [5, 5.41) is 21.5. The van der Waals surface area contributed by atoms with Crippen LogP contribution in [0.2, 0.25) is 0 Å². The van der Waals surface area contributed by atoms with Gasteiger partial charge in [-0.3, -0.25) is 0 Å². The first-order valence-corrected chi connectivity index (χ1v) is 7.37. The molecule has 0 amide bonds. The molecule has 0 bridgehead atoms. The molecule has 0 heterocycles. The number of carbonyl (C=O) groups excluding carboxylic acids is 1. The lowest BCUT2D eigenvalue weighted by Crippen LogP contribution is -2.46. The number of carbonyl (C=O) groups is 1. The number of aliphatic carboxylic acids is 1. The second kappa shape index (κ2) is 7.28. The van der Waals surface area contributed by atoms with E-state index < -0.39 is 23.2 Å². The van der Waals surface area contributed by atoms with Gasteiger partial charge in [0.25, 0.3) is 0 Å². The number of rotatable bonds is 3. The SMILES string of the molecule is CBr.O=C([O-])C(O)(c1ccc(F)cc1)c1ccc(F)cc1. The highest BCUT2D eigenvalue weighted by atomic mass is 79.9. The van der Waals surface area contributed by atoms with Crippen molar-refractivity contribution in [2.75, 3.05) is 5.83 Å². The first kappa shape index (κ1) is 17.3. The van der Waals surface area contributed by atoms with E-state index >= 15 is 0 Å². The zero-order valence-corrected chi connectivity index (χ0v) is 12.6. The fourth-order valence-corrected chi connectivity index (χ4v) is 1.78. The van der Waals surface area contributed by atoms with Gasteiger partial charge in [0.1, 0.15) is 11.6 Å². The standard InChI is InChI=1S/C14H10F2O3.CH3Br/c15-11-5-1-9(2-6-11)14(19,13(17)18)10-3-7-12(16)8-4-10;1-2/h1-8,19H,(H,17,18);1H3/p-1. The summed E-state index contributed by atoms with van der Waals surface area (Å²) in [7, 11) is 0. The predicted octanol–water partition coefficient (Wildman–Crippen LogP) is 1.96. The van der Waals surface area contributed by atoms with Gasteiger partial charge in [-0.15, -0.1) is 0 Å². The maximum Gasteiger partial charge on any atom is 0.154 e. The molecule has 3 nitrogen and oxygen atoms in total. The van der Waals surface area contributed by atoms with Crippen LogP contribution in [0.5, 0.6) is 0 Å². The first-order valence-electron chi connectivity index (χ1n) is 5.78. The van der Waals surface area contributed by atoms with Crippen LogP contribution in [0.4, 0.5) is 8.78 Å². The molecule has 0 aliphatic heterocycles. The Balaban J connectivity index is 0.00000106. The Kier molecular flexibility index (Phi) is 5.99. The third-order valence-corrected chi connectivity index (χ3v) is 2.82. The number of hydrogen-bond acceptors (Lipinski definition) is 3. The van der Waals surface area contributed by atoms with Crippen molar-refractivity contribution < 1.29 is 23.8 Å². The van der Waals surface area contributed by atoms with Crippen LogP contribution in [0.25, 0.3) is 0 Å². The number of hydrogen-bond donors (Lipinski definition) is 1. The van der Waals surface area contributed by atoms with Crippen molar-refractivity contribution in [3.05, 3.63) is 71.3 Å². The summed E-state index contributed by atoms with van der Waals surface area (Å²) in [6.45, 7) is 0. The third-order valence-electron chi connectivity index (χ3n) is 2.82. The Labute approximate surface area is 129 Å². The highest BCUT2D eigenvalue weighted by Crippen LogP contribution is 2.29. The molecule has 21 heavy (non-hydrogen) atoms. The van der Waals surface area contributed by atoms with Crippen LogP contribution < -0.4 is 5.11 Å². The number of aliphatic hydroxyl groups is 1. The van der Waals surface area contributed by atoms with Crippen LogP contribution in [-0.2, 0) is 10.4 Å². The van der Waals surface area contributed by atoms with Gasteiger partial charge in [0.05, 0.1) is 5.97 Å². The summed E-state index contributed by atoms with van der Waals surface area (Å²) < 4.78 is 25.7. The van der Waals surface area contributed by atoms with Crippen molar-refractivity contribution in [3.63, 3.8) is 0 Å². The molecule has 0 atom stereocenters. The molecule has 2 rings (SSSR count). The van der Waals surface area contributed by atoms with Crippen LogP contribution >= 0.6 is 15.9 Å². The largest absolute Gasteiger partial charge is 0.546 e. The first-order chi connectivity index (χ1) is 9.94. The average Bonchev–Trinajstić information content (AvgIpc) is 2.49. The van der Waals surface area contributed by atoms with Crippen LogP contribution in [0.15, 0.2) is 48.5 Å². The number of benzene rings is 2. The molecular weight excluding hydrogens is 346 g/mol. The molecule has 0 saturated carbocycles. The van der Waals surface area contributed by atoms with Gasteiger partial charge >= 0.3 is 0 Å². The van der Waals surface area contributed by atoms with E-state index in [1.165, 1.54) is 0 Å². The molecule has 0 radical (unpaired) electrons. The van der Waals surface area contributed by atoms with Gasteiger partial charge in [0.15, 0.2) is 5.60 Å². The molecule has 0 unspecified atom stereocenters. The molecule has 0 aliphatic carbocycles. The van der Waals surface area contributed by atoms with Gasteiger partial charge in [-0.1, -0.05) is 40.2 Å². The second-order valence-electron chi connectivity index (χ2n) is 4.01. The van der Waals surface area contributed by atoms with Gasteiger partial charge in [0.2, 0.25) is 0 Å². The second-order valence-corrected chi connectivity index (χ2v) is 4.01. The summed E-state index contributed by atoms with van der Waals surface area (Å²) in [5.74, 6) is -1.09. The van der Waals surface area contributed by atoms with Crippen molar-refractivity contribution in [2.45, 2.75) is 5.60 Å². The summed E-state index contributed by atoms with van der Waals surface area (Å²) in [5.41, 5.74) is -2.59. The zero-order chi connectivity index (χ0) is 16.0. The van der Waals surface area contributed by atoms with Crippen molar-refractivity contribution in [1.82, 2.24) is 0 Å². The Hall–Kier alpha value is -1.79. The third kappa shape index (κ3) is 3.65. The summed E-state index contributed by atoms with van der Waals surface area (Å²) in [4.78, 5) is 11.2. The minimum atomic E-state index is -2.46. The highest BCUT2D eigenvalue weighted by molar-refractivity contribution is 9.08. The molecule has 0 saturated heterocycles. The van der Waals surface area contributed by atoms with E-state index in [1.54, 1.807) is 0 Å². The molecule has 0 spiro atoms. The minimum Gasteiger partial charge on any atom is -0.546 e. The molecule has 0 aromatic heterocycles. The topological polar surface area (TPSA) is 60.4 Å². The van der Waals surface area contributed by atoms with Crippen molar-refractivity contribution >= 4 is 21.9 Å². The Morgan fingerprint density at radius 2 is 1.24 bits per heavy atom. The Morgan fingerprint density at radius 1 is 0.952 bits per heavy atom. The van der Waals surface area contributed by atoms with Crippen LogP contribution in [0.3, 0.4) is 0 Å². The van der Waals surface area contributed by atoms with E-state index in [-0.39, 0.29) is 11.1 Å². The number of halogens is 3. The fraction of sp³-hybridized carbons (Fsp3) is 0.133. The zero-order valence-electron chi connectivity index (χ0n) is 11.0. The lowest BCUT2D eigenvalue weighted by molar-refractivity contribution is -0.322. The molecule has 1 N–H and O–H groups in total.